The summed E-state index contributed by atoms with van der Waals surface area (Å²) in [4.78, 5) is 34.9. The van der Waals surface area contributed by atoms with Crippen LogP contribution in [0.3, 0.4) is 0 Å². The predicted molar refractivity (Wildman–Crippen MR) is 102 cm³/mol. The van der Waals surface area contributed by atoms with Crippen molar-refractivity contribution in [1.29, 1.82) is 0 Å². The summed E-state index contributed by atoms with van der Waals surface area (Å²) in [5.74, 6) is -0.826. The smallest absolute Gasteiger partial charge is 0.269 e. The molecule has 0 radical (unpaired) electrons. The Kier molecular flexibility index (Phi) is 5.30. The number of non-ortho nitro benzene ring substituents is 1. The van der Waals surface area contributed by atoms with Gasteiger partial charge in [0.1, 0.15) is 5.82 Å². The minimum atomic E-state index is -0.510. The van der Waals surface area contributed by atoms with E-state index in [1.165, 1.54) is 53.2 Å². The highest BCUT2D eigenvalue weighted by Crippen LogP contribution is 2.21. The van der Waals surface area contributed by atoms with E-state index in [9.17, 15) is 24.1 Å². The van der Waals surface area contributed by atoms with Crippen LogP contribution in [0.25, 0.3) is 0 Å². The summed E-state index contributed by atoms with van der Waals surface area (Å²) in [5, 5.41) is 13.5. The van der Waals surface area contributed by atoms with Crippen molar-refractivity contribution in [1.82, 2.24) is 4.57 Å². The van der Waals surface area contributed by atoms with Gasteiger partial charge in [-0.15, -0.1) is 0 Å². The molecule has 3 rings (SSSR count). The van der Waals surface area contributed by atoms with Crippen molar-refractivity contribution in [2.45, 2.75) is 13.5 Å². The number of halogens is 1. The maximum absolute atomic E-state index is 13.0. The van der Waals surface area contributed by atoms with E-state index in [1.54, 1.807) is 19.1 Å². The molecule has 2 aromatic carbocycles. The van der Waals surface area contributed by atoms with Gasteiger partial charge in [-0.25, -0.2) is 4.39 Å². The van der Waals surface area contributed by atoms with Crippen LogP contribution in [0.15, 0.2) is 65.6 Å². The fraction of sp³-hybridized carbons (Fsp3) is 0.100. The van der Waals surface area contributed by atoms with Crippen molar-refractivity contribution in [3.05, 3.63) is 104 Å². The van der Waals surface area contributed by atoms with Crippen LogP contribution >= 0.6 is 0 Å². The first-order valence-corrected chi connectivity index (χ1v) is 8.35. The number of pyridine rings is 1. The van der Waals surface area contributed by atoms with Gasteiger partial charge in [-0.3, -0.25) is 19.7 Å². The molecule has 1 amide bonds. The van der Waals surface area contributed by atoms with Gasteiger partial charge in [0.2, 0.25) is 0 Å². The summed E-state index contributed by atoms with van der Waals surface area (Å²) < 4.78 is 14.4. The highest BCUT2D eigenvalue weighted by molar-refractivity contribution is 6.04. The second-order valence-electron chi connectivity index (χ2n) is 6.22. The lowest BCUT2D eigenvalue weighted by Crippen LogP contribution is -2.22. The summed E-state index contributed by atoms with van der Waals surface area (Å²) in [7, 11) is 0. The molecule has 0 aliphatic heterocycles. The minimum absolute atomic E-state index is 0.0663. The predicted octanol–water partition coefficient (Wildman–Crippen LogP) is 3.50. The van der Waals surface area contributed by atoms with Gasteiger partial charge >= 0.3 is 0 Å². The van der Waals surface area contributed by atoms with Crippen molar-refractivity contribution >= 4 is 17.3 Å². The topological polar surface area (TPSA) is 94.2 Å². The zero-order valence-corrected chi connectivity index (χ0v) is 14.9. The molecule has 0 fully saturated rings. The van der Waals surface area contributed by atoms with Gasteiger partial charge < -0.3 is 9.88 Å². The van der Waals surface area contributed by atoms with Gasteiger partial charge in [0.05, 0.1) is 17.0 Å². The van der Waals surface area contributed by atoms with Crippen LogP contribution in [-0.2, 0) is 6.54 Å². The molecular weight excluding hydrogens is 365 g/mol. The van der Waals surface area contributed by atoms with Crippen LogP contribution in [0.1, 0.15) is 21.5 Å². The highest BCUT2D eigenvalue weighted by atomic mass is 19.1. The fourth-order valence-corrected chi connectivity index (χ4v) is 2.67. The van der Waals surface area contributed by atoms with Gasteiger partial charge in [-0.05, 0) is 42.3 Å². The zero-order chi connectivity index (χ0) is 20.3. The van der Waals surface area contributed by atoms with Crippen LogP contribution in [0.2, 0.25) is 0 Å². The average molecular weight is 381 g/mol. The number of anilines is 1. The van der Waals surface area contributed by atoms with Crippen molar-refractivity contribution in [2.75, 3.05) is 5.32 Å². The Bertz CT molecular complexity index is 1110. The number of carbonyl (C=O) groups excluding carboxylic acids is 1. The number of amides is 1. The number of carbonyl (C=O) groups is 1. The Morgan fingerprint density at radius 2 is 1.86 bits per heavy atom. The third-order valence-electron chi connectivity index (χ3n) is 4.18. The molecule has 3 aromatic rings. The summed E-state index contributed by atoms with van der Waals surface area (Å²) in [6.45, 7) is 1.84. The summed E-state index contributed by atoms with van der Waals surface area (Å²) in [5.41, 5.74) is 1.58. The summed E-state index contributed by atoms with van der Waals surface area (Å²) in [6, 6.07) is 12.5. The van der Waals surface area contributed by atoms with Crippen LogP contribution in [0.4, 0.5) is 15.8 Å². The summed E-state index contributed by atoms with van der Waals surface area (Å²) >= 11 is 0. The molecule has 0 atom stereocenters. The van der Waals surface area contributed by atoms with Crippen LogP contribution in [0.5, 0.6) is 0 Å². The van der Waals surface area contributed by atoms with Crippen molar-refractivity contribution in [2.24, 2.45) is 0 Å². The molecule has 8 heteroatoms. The zero-order valence-electron chi connectivity index (χ0n) is 14.9. The number of rotatable bonds is 5. The van der Waals surface area contributed by atoms with E-state index >= 15 is 0 Å². The van der Waals surface area contributed by atoms with E-state index in [2.05, 4.69) is 5.32 Å². The first kappa shape index (κ1) is 19.0. The largest absolute Gasteiger partial charge is 0.322 e. The number of hydrogen-bond donors (Lipinski definition) is 1. The second-order valence-corrected chi connectivity index (χ2v) is 6.22. The number of aryl methyl sites for hydroxylation is 1. The number of nitro benzene ring substituents is 1. The van der Waals surface area contributed by atoms with Gasteiger partial charge in [0, 0.05) is 30.1 Å². The molecule has 0 aliphatic carbocycles. The fourth-order valence-electron chi connectivity index (χ4n) is 2.67. The molecule has 0 saturated carbocycles. The number of nitrogens with zero attached hydrogens (tertiary/aromatic N) is 2. The molecule has 0 spiro atoms. The number of aromatic nitrogens is 1. The molecule has 0 aliphatic rings. The van der Waals surface area contributed by atoms with Crippen LogP contribution in [-0.4, -0.2) is 15.4 Å². The van der Waals surface area contributed by atoms with Gasteiger partial charge in [-0.1, -0.05) is 12.1 Å². The monoisotopic (exact) mass is 381 g/mol. The minimum Gasteiger partial charge on any atom is -0.322 e. The Morgan fingerprint density at radius 3 is 2.50 bits per heavy atom. The van der Waals surface area contributed by atoms with E-state index in [-0.39, 0.29) is 29.2 Å². The molecule has 1 aromatic heterocycles. The third-order valence-corrected chi connectivity index (χ3v) is 4.18. The van der Waals surface area contributed by atoms with Gasteiger partial charge in [-0.2, -0.15) is 0 Å². The standard InChI is InChI=1S/C20H16FN3O4/c1-13-10-17(24(27)28)7-8-18(13)22-20(26)15-4-9-19(25)23(12-15)11-14-2-5-16(21)6-3-14/h2-10,12H,11H2,1H3,(H,22,26). The molecule has 0 unspecified atom stereocenters. The van der Waals surface area contributed by atoms with E-state index in [1.807, 2.05) is 0 Å². The van der Waals surface area contributed by atoms with Gasteiger partial charge in [0.15, 0.2) is 0 Å². The Labute approximate surface area is 159 Å². The first-order valence-electron chi connectivity index (χ1n) is 8.35. The van der Waals surface area contributed by atoms with Crippen LogP contribution in [0, 0.1) is 22.9 Å². The lowest BCUT2D eigenvalue weighted by atomic mass is 10.1. The molecule has 0 saturated heterocycles. The second kappa shape index (κ2) is 7.83. The molecular formula is C20H16FN3O4. The average Bonchev–Trinajstić information content (AvgIpc) is 2.66. The number of hydrogen-bond acceptors (Lipinski definition) is 4. The van der Waals surface area contributed by atoms with Gasteiger partial charge in [0.25, 0.3) is 17.2 Å². The van der Waals surface area contributed by atoms with Crippen molar-refractivity contribution < 1.29 is 14.1 Å². The van der Waals surface area contributed by atoms with Crippen LogP contribution < -0.4 is 10.9 Å². The number of nitrogens with one attached hydrogen (secondary N) is 1. The Morgan fingerprint density at radius 1 is 1.14 bits per heavy atom. The van der Waals surface area contributed by atoms with E-state index in [0.717, 1.165) is 0 Å². The SMILES string of the molecule is Cc1cc([N+](=O)[O-])ccc1NC(=O)c1ccc(=O)n(Cc2ccc(F)cc2)c1. The first-order chi connectivity index (χ1) is 13.3. The third kappa shape index (κ3) is 4.29. The van der Waals surface area contributed by atoms with E-state index in [0.29, 0.717) is 16.8 Å². The molecule has 1 N–H and O–H groups in total. The molecule has 142 valence electrons. The normalized spacial score (nSPS) is 10.5. The Balaban J connectivity index is 1.81. The Hall–Kier alpha value is -3.81. The van der Waals surface area contributed by atoms with E-state index < -0.39 is 10.8 Å². The molecule has 1 heterocycles. The van der Waals surface area contributed by atoms with E-state index in [4.69, 9.17) is 0 Å². The molecule has 28 heavy (non-hydrogen) atoms. The molecule has 7 nitrogen and oxygen atoms in total. The lowest BCUT2D eigenvalue weighted by molar-refractivity contribution is -0.384. The maximum atomic E-state index is 13.0. The number of benzene rings is 2. The maximum Gasteiger partial charge on any atom is 0.269 e. The number of nitro groups is 1. The molecule has 0 bridgehead atoms. The lowest BCUT2D eigenvalue weighted by Gasteiger charge is -2.11. The van der Waals surface area contributed by atoms with Crippen molar-refractivity contribution in [3.63, 3.8) is 0 Å². The van der Waals surface area contributed by atoms with Crippen molar-refractivity contribution in [3.8, 4) is 0 Å². The quantitative estimate of drug-likeness (QED) is 0.541. The summed E-state index contributed by atoms with van der Waals surface area (Å²) in [6.07, 6.45) is 1.42. The highest BCUT2D eigenvalue weighted by Gasteiger charge is 2.12.